The summed E-state index contributed by atoms with van der Waals surface area (Å²) < 4.78 is 5.08. The van der Waals surface area contributed by atoms with Gasteiger partial charge in [-0.2, -0.15) is 0 Å². The molecule has 1 saturated heterocycles. The van der Waals surface area contributed by atoms with E-state index in [0.717, 1.165) is 19.4 Å². The first kappa shape index (κ1) is 13.9. The standard InChI is InChI=1S/C11H21N3O3/c1-17-8-9-2-6-14(7-3-9)11(16)10(15)13-5-4-12/h9H,2-8,12H2,1H3,(H,13,15). The van der Waals surface area contributed by atoms with Crippen LogP contribution in [0.4, 0.5) is 0 Å². The monoisotopic (exact) mass is 243 g/mol. The third-order valence-electron chi connectivity index (χ3n) is 2.93. The summed E-state index contributed by atoms with van der Waals surface area (Å²) in [6.07, 6.45) is 1.79. The highest BCUT2D eigenvalue weighted by atomic mass is 16.5. The molecule has 0 radical (unpaired) electrons. The Morgan fingerprint density at radius 1 is 1.41 bits per heavy atom. The number of hydrogen-bond acceptors (Lipinski definition) is 4. The molecule has 0 atom stereocenters. The number of ether oxygens (including phenoxy) is 1. The Hall–Kier alpha value is -1.14. The fraction of sp³-hybridized carbons (Fsp3) is 0.818. The topological polar surface area (TPSA) is 84.7 Å². The van der Waals surface area contributed by atoms with Gasteiger partial charge >= 0.3 is 11.8 Å². The van der Waals surface area contributed by atoms with Gasteiger partial charge in [0.05, 0.1) is 0 Å². The van der Waals surface area contributed by atoms with Gasteiger partial charge in [-0.05, 0) is 18.8 Å². The first-order chi connectivity index (χ1) is 8.19. The largest absolute Gasteiger partial charge is 0.384 e. The smallest absolute Gasteiger partial charge is 0.311 e. The molecule has 1 aliphatic heterocycles. The van der Waals surface area contributed by atoms with Gasteiger partial charge in [0, 0.05) is 39.9 Å². The molecule has 1 fully saturated rings. The molecular formula is C11H21N3O3. The zero-order valence-electron chi connectivity index (χ0n) is 10.3. The lowest BCUT2D eigenvalue weighted by molar-refractivity contribution is -0.146. The van der Waals surface area contributed by atoms with Crippen molar-refractivity contribution in [3.63, 3.8) is 0 Å². The van der Waals surface area contributed by atoms with E-state index in [1.54, 1.807) is 12.0 Å². The summed E-state index contributed by atoms with van der Waals surface area (Å²) in [5.74, 6) is -0.508. The number of carbonyl (C=O) groups excluding carboxylic acids is 2. The van der Waals surface area contributed by atoms with Gasteiger partial charge in [0.25, 0.3) is 0 Å². The summed E-state index contributed by atoms with van der Waals surface area (Å²) in [5.41, 5.74) is 5.25. The van der Waals surface area contributed by atoms with Gasteiger partial charge in [0.15, 0.2) is 0 Å². The highest BCUT2D eigenvalue weighted by Crippen LogP contribution is 2.17. The average molecular weight is 243 g/mol. The summed E-state index contributed by atoms with van der Waals surface area (Å²) in [6.45, 7) is 2.66. The fourth-order valence-corrected chi connectivity index (χ4v) is 1.94. The average Bonchev–Trinajstić information content (AvgIpc) is 2.36. The Morgan fingerprint density at radius 2 is 2.06 bits per heavy atom. The minimum absolute atomic E-state index is 0.338. The number of hydrogen-bond donors (Lipinski definition) is 2. The number of rotatable bonds is 4. The molecule has 98 valence electrons. The van der Waals surface area contributed by atoms with E-state index >= 15 is 0 Å². The maximum absolute atomic E-state index is 11.7. The summed E-state index contributed by atoms with van der Waals surface area (Å²) in [7, 11) is 1.68. The van der Waals surface area contributed by atoms with Crippen molar-refractivity contribution in [1.29, 1.82) is 0 Å². The summed E-state index contributed by atoms with van der Waals surface area (Å²) in [4.78, 5) is 24.7. The maximum atomic E-state index is 11.7. The van der Waals surface area contributed by atoms with Crippen LogP contribution in [-0.2, 0) is 14.3 Å². The minimum atomic E-state index is -0.555. The van der Waals surface area contributed by atoms with Crippen molar-refractivity contribution in [2.45, 2.75) is 12.8 Å². The van der Waals surface area contributed by atoms with Crippen LogP contribution in [0.15, 0.2) is 0 Å². The molecule has 0 saturated carbocycles. The Morgan fingerprint density at radius 3 is 2.59 bits per heavy atom. The second kappa shape index (κ2) is 7.24. The van der Waals surface area contributed by atoms with Gasteiger partial charge in [-0.3, -0.25) is 9.59 Å². The summed E-state index contributed by atoms with van der Waals surface area (Å²) in [6, 6.07) is 0. The predicted octanol–water partition coefficient (Wildman–Crippen LogP) is -1.05. The van der Waals surface area contributed by atoms with E-state index in [1.807, 2.05) is 0 Å². The van der Waals surface area contributed by atoms with Crippen LogP contribution >= 0.6 is 0 Å². The number of nitrogens with zero attached hydrogens (tertiary/aromatic N) is 1. The van der Waals surface area contributed by atoms with Gasteiger partial charge < -0.3 is 20.7 Å². The molecule has 1 rings (SSSR count). The van der Waals surface area contributed by atoms with Crippen molar-refractivity contribution in [2.75, 3.05) is 39.9 Å². The van der Waals surface area contributed by atoms with Crippen molar-refractivity contribution in [3.05, 3.63) is 0 Å². The van der Waals surface area contributed by atoms with Crippen molar-refractivity contribution in [3.8, 4) is 0 Å². The van der Waals surface area contributed by atoms with Crippen LogP contribution in [0.3, 0.4) is 0 Å². The molecule has 6 nitrogen and oxygen atoms in total. The second-order valence-corrected chi connectivity index (χ2v) is 4.24. The third-order valence-corrected chi connectivity index (χ3v) is 2.93. The number of amides is 2. The van der Waals surface area contributed by atoms with Crippen LogP contribution in [0.25, 0.3) is 0 Å². The highest BCUT2D eigenvalue weighted by molar-refractivity contribution is 6.35. The molecule has 3 N–H and O–H groups in total. The molecular weight excluding hydrogens is 222 g/mol. The van der Waals surface area contributed by atoms with E-state index in [4.69, 9.17) is 10.5 Å². The molecule has 1 heterocycles. The van der Waals surface area contributed by atoms with Crippen LogP contribution in [0.5, 0.6) is 0 Å². The SMILES string of the molecule is COCC1CCN(C(=O)C(=O)NCCN)CC1. The zero-order chi connectivity index (χ0) is 12.7. The van der Waals surface area contributed by atoms with E-state index in [9.17, 15) is 9.59 Å². The number of likely N-dealkylation sites (tertiary alicyclic amines) is 1. The molecule has 0 aromatic carbocycles. The molecule has 6 heteroatoms. The molecule has 0 aromatic rings. The first-order valence-electron chi connectivity index (χ1n) is 5.95. The van der Waals surface area contributed by atoms with E-state index in [2.05, 4.69) is 5.32 Å². The number of nitrogens with one attached hydrogen (secondary N) is 1. The van der Waals surface area contributed by atoms with E-state index in [0.29, 0.717) is 32.1 Å². The van der Waals surface area contributed by atoms with Gasteiger partial charge in [0.2, 0.25) is 0 Å². The van der Waals surface area contributed by atoms with Crippen molar-refractivity contribution in [1.82, 2.24) is 10.2 Å². The number of nitrogens with two attached hydrogens (primary N) is 1. The summed E-state index contributed by atoms with van der Waals surface area (Å²) in [5, 5.41) is 2.49. The molecule has 17 heavy (non-hydrogen) atoms. The summed E-state index contributed by atoms with van der Waals surface area (Å²) >= 11 is 0. The maximum Gasteiger partial charge on any atom is 0.311 e. The Bertz CT molecular complexity index is 263. The van der Waals surface area contributed by atoms with Gasteiger partial charge in [0.1, 0.15) is 0 Å². The molecule has 1 aliphatic rings. The number of piperidine rings is 1. The van der Waals surface area contributed by atoms with Crippen LogP contribution in [-0.4, -0.2) is 56.6 Å². The molecule has 0 spiro atoms. The van der Waals surface area contributed by atoms with Gasteiger partial charge in [-0.15, -0.1) is 0 Å². The Labute approximate surface area is 101 Å². The minimum Gasteiger partial charge on any atom is -0.384 e. The van der Waals surface area contributed by atoms with Gasteiger partial charge in [-0.1, -0.05) is 0 Å². The molecule has 0 aliphatic carbocycles. The molecule has 0 aromatic heterocycles. The van der Waals surface area contributed by atoms with Crippen molar-refractivity contribution >= 4 is 11.8 Å². The second-order valence-electron chi connectivity index (χ2n) is 4.24. The van der Waals surface area contributed by atoms with Crippen LogP contribution in [0.2, 0.25) is 0 Å². The fourth-order valence-electron chi connectivity index (χ4n) is 1.94. The third kappa shape index (κ3) is 4.32. The van der Waals surface area contributed by atoms with Crippen molar-refractivity contribution < 1.29 is 14.3 Å². The van der Waals surface area contributed by atoms with E-state index in [1.165, 1.54) is 0 Å². The molecule has 0 unspecified atom stereocenters. The van der Waals surface area contributed by atoms with Crippen LogP contribution < -0.4 is 11.1 Å². The Balaban J connectivity index is 2.32. The lowest BCUT2D eigenvalue weighted by atomic mass is 9.98. The number of methoxy groups -OCH3 is 1. The highest BCUT2D eigenvalue weighted by Gasteiger charge is 2.26. The molecule has 2 amide bonds. The van der Waals surface area contributed by atoms with E-state index < -0.39 is 11.8 Å². The lowest BCUT2D eigenvalue weighted by Gasteiger charge is -2.31. The predicted molar refractivity (Wildman–Crippen MR) is 63.2 cm³/mol. The van der Waals surface area contributed by atoms with E-state index in [-0.39, 0.29) is 0 Å². The lowest BCUT2D eigenvalue weighted by Crippen LogP contribution is -2.47. The number of carbonyl (C=O) groups is 2. The normalized spacial score (nSPS) is 16.9. The van der Waals surface area contributed by atoms with Gasteiger partial charge in [-0.25, -0.2) is 0 Å². The Kier molecular flexibility index (Phi) is 5.93. The van der Waals surface area contributed by atoms with Crippen LogP contribution in [0.1, 0.15) is 12.8 Å². The zero-order valence-corrected chi connectivity index (χ0v) is 10.3. The quantitative estimate of drug-likeness (QED) is 0.617. The molecule has 0 bridgehead atoms. The van der Waals surface area contributed by atoms with Crippen LogP contribution in [0, 0.1) is 5.92 Å². The van der Waals surface area contributed by atoms with Crippen molar-refractivity contribution in [2.24, 2.45) is 11.7 Å². The first-order valence-corrected chi connectivity index (χ1v) is 5.95.